The van der Waals surface area contributed by atoms with Crippen molar-refractivity contribution in [1.82, 2.24) is 10.2 Å². The summed E-state index contributed by atoms with van der Waals surface area (Å²) in [6.07, 6.45) is 0.344. The summed E-state index contributed by atoms with van der Waals surface area (Å²) in [7, 11) is 0. The van der Waals surface area contributed by atoms with Gasteiger partial charge in [0.25, 0.3) is 11.8 Å². The van der Waals surface area contributed by atoms with E-state index in [1.807, 2.05) is 6.07 Å². The van der Waals surface area contributed by atoms with Crippen molar-refractivity contribution >= 4 is 40.1 Å². The topological polar surface area (TPSA) is 122 Å². The van der Waals surface area contributed by atoms with E-state index in [0.29, 0.717) is 12.0 Å². The zero-order chi connectivity index (χ0) is 19.6. The van der Waals surface area contributed by atoms with Crippen LogP contribution in [0.25, 0.3) is 0 Å². The lowest BCUT2D eigenvalue weighted by molar-refractivity contribution is -0.134. The molecule has 1 saturated heterocycles. The number of hydrogen-bond acceptors (Lipinski definition) is 5. The van der Waals surface area contributed by atoms with Crippen LogP contribution in [0.3, 0.4) is 0 Å². The summed E-state index contributed by atoms with van der Waals surface area (Å²) in [4.78, 5) is 49.9. The highest BCUT2D eigenvalue weighted by atomic mass is 32.1. The van der Waals surface area contributed by atoms with Gasteiger partial charge in [0.05, 0.1) is 5.56 Å². The minimum Gasteiger partial charge on any atom is -0.366 e. The Morgan fingerprint density at radius 2 is 1.93 bits per heavy atom. The number of carbonyl (C=O) groups excluding carboxylic acids is 4. The number of amides is 5. The minimum atomic E-state index is -1.19. The number of nitrogens with zero attached hydrogens (tertiary/aromatic N) is 1. The van der Waals surface area contributed by atoms with Crippen LogP contribution >= 0.6 is 11.3 Å². The molecule has 1 aromatic carbocycles. The van der Waals surface area contributed by atoms with Crippen molar-refractivity contribution in [2.75, 3.05) is 11.9 Å². The minimum absolute atomic E-state index is 0.178. The molecule has 2 heterocycles. The van der Waals surface area contributed by atoms with Crippen molar-refractivity contribution in [1.29, 1.82) is 0 Å². The number of nitrogens with two attached hydrogens (primary N) is 1. The Morgan fingerprint density at radius 3 is 2.56 bits per heavy atom. The fraction of sp³-hybridized carbons (Fsp3) is 0.222. The van der Waals surface area contributed by atoms with Gasteiger partial charge in [0.1, 0.15) is 17.1 Å². The highest BCUT2D eigenvalue weighted by Crippen LogP contribution is 2.32. The van der Waals surface area contributed by atoms with E-state index in [1.54, 1.807) is 36.6 Å². The molecular formula is C18H18N4O4S. The predicted molar refractivity (Wildman–Crippen MR) is 100 cm³/mol. The van der Waals surface area contributed by atoms with Gasteiger partial charge in [-0.15, -0.1) is 11.3 Å². The molecule has 27 heavy (non-hydrogen) atoms. The van der Waals surface area contributed by atoms with Crippen LogP contribution in [-0.2, 0) is 15.1 Å². The van der Waals surface area contributed by atoms with Crippen molar-refractivity contribution in [2.45, 2.75) is 18.9 Å². The lowest BCUT2D eigenvalue weighted by Gasteiger charge is -2.25. The molecule has 0 spiro atoms. The van der Waals surface area contributed by atoms with Gasteiger partial charge >= 0.3 is 6.03 Å². The van der Waals surface area contributed by atoms with Crippen molar-refractivity contribution in [2.24, 2.45) is 5.73 Å². The van der Waals surface area contributed by atoms with Crippen LogP contribution in [-0.4, -0.2) is 35.2 Å². The first-order valence-corrected chi connectivity index (χ1v) is 9.13. The third kappa shape index (κ3) is 3.28. The molecule has 0 radical (unpaired) electrons. The van der Waals surface area contributed by atoms with Crippen LogP contribution in [0, 0.1) is 0 Å². The van der Waals surface area contributed by atoms with E-state index in [9.17, 15) is 19.2 Å². The first kappa shape index (κ1) is 18.6. The van der Waals surface area contributed by atoms with Crippen LogP contribution in [0.1, 0.15) is 29.3 Å². The second-order valence-electron chi connectivity index (χ2n) is 6.02. The summed E-state index contributed by atoms with van der Waals surface area (Å²) in [5.74, 6) is -1.75. The van der Waals surface area contributed by atoms with Crippen LogP contribution in [0.4, 0.5) is 9.80 Å². The molecule has 0 bridgehead atoms. The number of nitrogens with one attached hydrogen (secondary N) is 2. The summed E-state index contributed by atoms with van der Waals surface area (Å²) >= 11 is 1.13. The predicted octanol–water partition coefficient (Wildman–Crippen LogP) is 1.64. The molecule has 1 fully saturated rings. The monoisotopic (exact) mass is 386 g/mol. The van der Waals surface area contributed by atoms with Gasteiger partial charge in [0.2, 0.25) is 5.91 Å². The van der Waals surface area contributed by atoms with Gasteiger partial charge in [-0.2, -0.15) is 0 Å². The van der Waals surface area contributed by atoms with Crippen molar-refractivity contribution in [3.8, 4) is 0 Å². The third-order valence-electron chi connectivity index (χ3n) is 4.46. The maximum atomic E-state index is 13.0. The second-order valence-corrected chi connectivity index (χ2v) is 6.94. The molecule has 9 heteroatoms. The first-order valence-electron chi connectivity index (χ1n) is 8.26. The molecular weight excluding hydrogens is 368 g/mol. The summed E-state index contributed by atoms with van der Waals surface area (Å²) < 4.78 is 0. The summed E-state index contributed by atoms with van der Waals surface area (Å²) in [5, 5.41) is 7.14. The second kappa shape index (κ2) is 7.20. The Balaban J connectivity index is 1.78. The standard InChI is InChI=1S/C18H18N4O4S/c1-2-18(11-6-4-3-5-7-11)16(25)22(17(26)21-18)10-13(23)20-15-12(14(19)24)8-9-27-15/h3-9H,2,10H2,1H3,(H2,19,24)(H,20,23)(H,21,26)/t18-/m1/s1. The Bertz CT molecular complexity index is 911. The van der Waals surface area contributed by atoms with E-state index in [2.05, 4.69) is 10.6 Å². The smallest absolute Gasteiger partial charge is 0.325 e. The number of anilines is 1. The Hall–Kier alpha value is -3.20. The van der Waals surface area contributed by atoms with E-state index >= 15 is 0 Å². The highest BCUT2D eigenvalue weighted by Gasteiger charge is 2.51. The van der Waals surface area contributed by atoms with E-state index < -0.39 is 35.8 Å². The lowest BCUT2D eigenvalue weighted by Crippen LogP contribution is -2.44. The number of primary amides is 1. The number of rotatable bonds is 6. The average molecular weight is 386 g/mol. The van der Waals surface area contributed by atoms with Gasteiger partial charge < -0.3 is 16.4 Å². The molecule has 4 N–H and O–H groups in total. The molecule has 3 rings (SSSR count). The molecule has 1 aliphatic rings. The Kier molecular flexibility index (Phi) is 4.95. The van der Waals surface area contributed by atoms with Gasteiger partial charge in [0.15, 0.2) is 0 Å². The van der Waals surface area contributed by atoms with Crippen LogP contribution in [0.2, 0.25) is 0 Å². The fourth-order valence-corrected chi connectivity index (χ4v) is 3.85. The molecule has 140 valence electrons. The van der Waals surface area contributed by atoms with Crippen molar-refractivity contribution in [3.63, 3.8) is 0 Å². The van der Waals surface area contributed by atoms with Crippen LogP contribution < -0.4 is 16.4 Å². The normalized spacial score (nSPS) is 19.1. The molecule has 1 atom stereocenters. The molecule has 0 aliphatic carbocycles. The van der Waals surface area contributed by atoms with Gasteiger partial charge in [0, 0.05) is 0 Å². The maximum absolute atomic E-state index is 13.0. The molecule has 1 aromatic heterocycles. The zero-order valence-electron chi connectivity index (χ0n) is 14.5. The maximum Gasteiger partial charge on any atom is 0.325 e. The number of hydrogen-bond donors (Lipinski definition) is 3. The number of benzene rings is 1. The quantitative estimate of drug-likeness (QED) is 0.653. The van der Waals surface area contributed by atoms with E-state index in [0.717, 1.165) is 16.2 Å². The summed E-state index contributed by atoms with van der Waals surface area (Å²) in [6.45, 7) is 1.33. The SMILES string of the molecule is CC[C@]1(c2ccccc2)NC(=O)N(CC(=O)Nc2sccc2C(N)=O)C1=O. The summed E-state index contributed by atoms with van der Waals surface area (Å²) in [5.41, 5.74) is 4.89. The molecule has 0 unspecified atom stereocenters. The van der Waals surface area contributed by atoms with Gasteiger partial charge in [-0.25, -0.2) is 4.79 Å². The largest absolute Gasteiger partial charge is 0.366 e. The summed E-state index contributed by atoms with van der Waals surface area (Å²) in [6, 6.07) is 9.76. The van der Waals surface area contributed by atoms with E-state index in [4.69, 9.17) is 5.73 Å². The molecule has 5 amide bonds. The number of thiophene rings is 1. The van der Waals surface area contributed by atoms with Crippen LogP contribution in [0.5, 0.6) is 0 Å². The molecule has 8 nitrogen and oxygen atoms in total. The zero-order valence-corrected chi connectivity index (χ0v) is 15.3. The van der Waals surface area contributed by atoms with Crippen molar-refractivity contribution < 1.29 is 19.2 Å². The van der Waals surface area contributed by atoms with Crippen LogP contribution in [0.15, 0.2) is 41.8 Å². The molecule has 0 saturated carbocycles. The fourth-order valence-electron chi connectivity index (χ4n) is 3.04. The average Bonchev–Trinajstić information content (AvgIpc) is 3.21. The third-order valence-corrected chi connectivity index (χ3v) is 5.29. The molecule has 1 aliphatic heterocycles. The number of urea groups is 1. The van der Waals surface area contributed by atoms with Crippen molar-refractivity contribution in [3.05, 3.63) is 52.9 Å². The van der Waals surface area contributed by atoms with Gasteiger partial charge in [-0.05, 0) is 23.4 Å². The van der Waals surface area contributed by atoms with Gasteiger partial charge in [-0.3, -0.25) is 19.3 Å². The Morgan fingerprint density at radius 1 is 1.22 bits per heavy atom. The number of imide groups is 1. The molecule has 2 aromatic rings. The first-order chi connectivity index (χ1) is 12.9. The Labute approximate surface area is 159 Å². The van der Waals surface area contributed by atoms with E-state index in [1.165, 1.54) is 6.07 Å². The van der Waals surface area contributed by atoms with Gasteiger partial charge in [-0.1, -0.05) is 37.3 Å². The number of carbonyl (C=O) groups is 4. The lowest BCUT2D eigenvalue weighted by atomic mass is 9.87. The van der Waals surface area contributed by atoms with E-state index in [-0.39, 0.29) is 10.6 Å². The highest BCUT2D eigenvalue weighted by molar-refractivity contribution is 7.14.